The zero-order chi connectivity index (χ0) is 20.0. The normalized spacial score (nSPS) is 11.6. The van der Waals surface area contributed by atoms with Crippen LogP contribution < -0.4 is 5.32 Å². The van der Waals surface area contributed by atoms with Crippen molar-refractivity contribution < 1.29 is 23.5 Å². The van der Waals surface area contributed by atoms with Crippen LogP contribution in [0.3, 0.4) is 0 Å². The van der Waals surface area contributed by atoms with Crippen LogP contribution in [-0.2, 0) is 14.3 Å². The highest BCUT2D eigenvalue weighted by Gasteiger charge is 2.21. The number of benzene rings is 2. The molecule has 0 aromatic heterocycles. The van der Waals surface area contributed by atoms with E-state index in [4.69, 9.17) is 4.74 Å². The Bertz CT molecular complexity index is 869. The fraction of sp³-hybridized carbons (Fsp3) is 0.250. The van der Waals surface area contributed by atoms with Gasteiger partial charge >= 0.3 is 5.97 Å². The summed E-state index contributed by atoms with van der Waals surface area (Å²) in [6.45, 7) is 4.52. The van der Waals surface area contributed by atoms with Crippen LogP contribution in [0.1, 0.15) is 29.8 Å². The van der Waals surface area contributed by atoms with Crippen molar-refractivity contribution in [3.63, 3.8) is 0 Å². The first-order valence-corrected chi connectivity index (χ1v) is 9.25. The van der Waals surface area contributed by atoms with Crippen molar-refractivity contribution in [2.45, 2.75) is 31.8 Å². The van der Waals surface area contributed by atoms with Crippen LogP contribution in [0.15, 0.2) is 47.4 Å². The Kier molecular flexibility index (Phi) is 7.12. The van der Waals surface area contributed by atoms with Crippen LogP contribution >= 0.6 is 11.8 Å². The van der Waals surface area contributed by atoms with E-state index < -0.39 is 23.8 Å². The van der Waals surface area contributed by atoms with E-state index in [0.717, 1.165) is 0 Å². The number of ether oxygens (including phenoxy) is 1. The lowest BCUT2D eigenvalue weighted by Gasteiger charge is -2.15. The van der Waals surface area contributed by atoms with Gasteiger partial charge in [0.15, 0.2) is 6.10 Å². The maximum absolute atomic E-state index is 13.6. The number of Topliss-reactive ketones (excluding diaryl/α,β-unsaturated/α-hetero) is 1. The van der Waals surface area contributed by atoms with Crippen molar-refractivity contribution in [1.82, 2.24) is 0 Å². The Labute approximate surface area is 161 Å². The molecule has 2 rings (SSSR count). The number of esters is 1. The summed E-state index contributed by atoms with van der Waals surface area (Å²) in [4.78, 5) is 36.4. The van der Waals surface area contributed by atoms with Crippen LogP contribution in [0.25, 0.3) is 0 Å². The van der Waals surface area contributed by atoms with Gasteiger partial charge < -0.3 is 10.1 Å². The molecule has 0 radical (unpaired) electrons. The van der Waals surface area contributed by atoms with Gasteiger partial charge in [-0.05, 0) is 50.6 Å². The Morgan fingerprint density at radius 3 is 2.56 bits per heavy atom. The molecule has 0 bridgehead atoms. The topological polar surface area (TPSA) is 72.5 Å². The molecule has 0 spiro atoms. The first-order valence-electron chi connectivity index (χ1n) is 8.27. The molecular weight excluding hydrogens is 369 g/mol. The smallest absolute Gasteiger partial charge is 0.340 e. The maximum atomic E-state index is 13.6. The fourth-order valence-corrected chi connectivity index (χ4v) is 2.97. The van der Waals surface area contributed by atoms with Crippen molar-refractivity contribution in [2.24, 2.45) is 0 Å². The van der Waals surface area contributed by atoms with Gasteiger partial charge in [-0.15, -0.1) is 11.8 Å². The molecule has 1 atom stereocenters. The van der Waals surface area contributed by atoms with E-state index in [-0.39, 0.29) is 22.8 Å². The molecule has 1 N–H and O–H groups in total. The molecule has 0 aliphatic carbocycles. The van der Waals surface area contributed by atoms with Crippen molar-refractivity contribution in [1.29, 1.82) is 0 Å². The number of carbonyl (C=O) groups is 3. The molecule has 2 aromatic rings. The van der Waals surface area contributed by atoms with Crippen LogP contribution in [0.4, 0.5) is 10.1 Å². The number of anilines is 1. The van der Waals surface area contributed by atoms with Crippen LogP contribution in [0.5, 0.6) is 0 Å². The average Bonchev–Trinajstić information content (AvgIpc) is 2.63. The summed E-state index contributed by atoms with van der Waals surface area (Å²) in [5.74, 6) is -1.45. The fourth-order valence-electron chi connectivity index (χ4n) is 2.13. The number of ketones is 1. The second-order valence-corrected chi connectivity index (χ2v) is 7.00. The Morgan fingerprint density at radius 1 is 1.19 bits per heavy atom. The number of aryl methyl sites for hydroxylation is 1. The van der Waals surface area contributed by atoms with Crippen LogP contribution in [0.2, 0.25) is 0 Å². The summed E-state index contributed by atoms with van der Waals surface area (Å²) in [5, 5.41) is 2.52. The lowest BCUT2D eigenvalue weighted by molar-refractivity contribution is -0.123. The SMILES string of the molecule is CC(=O)CSc1ccccc1C(=O)O[C@H](C)C(=O)Nc1ccc(C)c(F)c1. The van der Waals surface area contributed by atoms with E-state index in [9.17, 15) is 18.8 Å². The van der Waals surface area contributed by atoms with E-state index in [2.05, 4.69) is 5.32 Å². The van der Waals surface area contributed by atoms with Crippen LogP contribution in [-0.4, -0.2) is 29.5 Å². The molecule has 0 fully saturated rings. The first-order chi connectivity index (χ1) is 12.8. The number of thioether (sulfide) groups is 1. The van der Waals surface area contributed by atoms with E-state index in [1.807, 2.05) is 0 Å². The lowest BCUT2D eigenvalue weighted by atomic mass is 10.2. The molecule has 1 amide bonds. The van der Waals surface area contributed by atoms with Gasteiger partial charge in [-0.3, -0.25) is 9.59 Å². The highest BCUT2D eigenvalue weighted by atomic mass is 32.2. The molecule has 7 heteroatoms. The van der Waals surface area contributed by atoms with Crippen molar-refractivity contribution >= 4 is 35.1 Å². The average molecular weight is 389 g/mol. The summed E-state index contributed by atoms with van der Waals surface area (Å²) < 4.78 is 18.8. The van der Waals surface area contributed by atoms with E-state index >= 15 is 0 Å². The van der Waals surface area contributed by atoms with Gasteiger partial charge in [0, 0.05) is 10.6 Å². The van der Waals surface area contributed by atoms with Gasteiger partial charge in [0.2, 0.25) is 0 Å². The first kappa shape index (κ1) is 20.6. The van der Waals surface area contributed by atoms with Crippen molar-refractivity contribution in [3.05, 3.63) is 59.4 Å². The maximum Gasteiger partial charge on any atom is 0.340 e. The molecule has 142 valence electrons. The monoisotopic (exact) mass is 389 g/mol. The summed E-state index contributed by atoms with van der Waals surface area (Å²) in [7, 11) is 0. The highest BCUT2D eigenvalue weighted by Crippen LogP contribution is 2.24. The Balaban J connectivity index is 2.03. The van der Waals surface area contributed by atoms with Gasteiger partial charge in [-0.1, -0.05) is 18.2 Å². The largest absolute Gasteiger partial charge is 0.449 e. The zero-order valence-electron chi connectivity index (χ0n) is 15.2. The van der Waals surface area contributed by atoms with Crippen molar-refractivity contribution in [3.8, 4) is 0 Å². The minimum absolute atomic E-state index is 0.0127. The number of carbonyl (C=O) groups excluding carboxylic acids is 3. The molecule has 5 nitrogen and oxygen atoms in total. The predicted octanol–water partition coefficient (Wildman–Crippen LogP) is 4.00. The van der Waals surface area contributed by atoms with Gasteiger partial charge in [0.05, 0.1) is 11.3 Å². The molecular formula is C20H20FNO4S. The minimum Gasteiger partial charge on any atom is -0.449 e. The minimum atomic E-state index is -1.08. The zero-order valence-corrected chi connectivity index (χ0v) is 16.1. The second kappa shape index (κ2) is 9.32. The van der Waals surface area contributed by atoms with Gasteiger partial charge in [-0.25, -0.2) is 9.18 Å². The molecule has 0 aliphatic heterocycles. The van der Waals surface area contributed by atoms with Gasteiger partial charge in [0.25, 0.3) is 5.91 Å². The predicted molar refractivity (Wildman–Crippen MR) is 102 cm³/mol. The third-order valence-corrected chi connectivity index (χ3v) is 4.85. The van der Waals surface area contributed by atoms with Crippen LogP contribution in [0, 0.1) is 12.7 Å². The molecule has 27 heavy (non-hydrogen) atoms. The Morgan fingerprint density at radius 2 is 1.89 bits per heavy atom. The molecule has 0 saturated carbocycles. The summed E-state index contributed by atoms with van der Waals surface area (Å²) >= 11 is 1.23. The third kappa shape index (κ3) is 5.92. The third-order valence-electron chi connectivity index (χ3n) is 3.63. The molecule has 0 heterocycles. The van der Waals surface area contributed by atoms with E-state index in [1.54, 1.807) is 43.3 Å². The van der Waals surface area contributed by atoms with Gasteiger partial charge in [-0.2, -0.15) is 0 Å². The Hall–Kier alpha value is -2.67. The highest BCUT2D eigenvalue weighted by molar-refractivity contribution is 8.00. The number of hydrogen-bond donors (Lipinski definition) is 1. The number of hydrogen-bond acceptors (Lipinski definition) is 5. The number of rotatable bonds is 7. The standard InChI is InChI=1S/C20H20FNO4S/c1-12-8-9-15(10-17(12)21)22-19(24)14(3)26-20(25)16-6-4-5-7-18(16)27-11-13(2)23/h4-10,14H,11H2,1-3H3,(H,22,24)/t14-/m1/s1. The molecule has 0 saturated heterocycles. The number of halogens is 1. The summed E-state index contributed by atoms with van der Waals surface area (Å²) in [6.07, 6.45) is -1.08. The van der Waals surface area contributed by atoms with E-state index in [1.165, 1.54) is 31.7 Å². The second-order valence-electron chi connectivity index (χ2n) is 5.99. The van der Waals surface area contributed by atoms with Crippen molar-refractivity contribution in [2.75, 3.05) is 11.1 Å². The number of amides is 1. The summed E-state index contributed by atoms with van der Waals surface area (Å²) in [6, 6.07) is 11.0. The number of nitrogens with one attached hydrogen (secondary N) is 1. The molecule has 2 aromatic carbocycles. The quantitative estimate of drug-likeness (QED) is 0.572. The molecule has 0 aliphatic rings. The molecule has 0 unspecified atom stereocenters. The lowest BCUT2D eigenvalue weighted by Crippen LogP contribution is -2.30. The van der Waals surface area contributed by atoms with Gasteiger partial charge in [0.1, 0.15) is 11.6 Å². The van der Waals surface area contributed by atoms with E-state index in [0.29, 0.717) is 10.5 Å². The summed E-state index contributed by atoms with van der Waals surface area (Å²) in [5.41, 5.74) is 1.03.